The fraction of sp³-hybridized carbons (Fsp3) is 0.238. The van der Waals surface area contributed by atoms with E-state index in [2.05, 4.69) is 32.3 Å². The number of rotatable bonds is 3. The number of piperidine rings is 1. The monoisotopic (exact) mass is 372 g/mol. The van der Waals surface area contributed by atoms with Crippen LogP contribution in [0.25, 0.3) is 16.9 Å². The highest BCUT2D eigenvalue weighted by molar-refractivity contribution is 5.93. The number of nitrogens with one attached hydrogen (secondary N) is 1. The summed E-state index contributed by atoms with van der Waals surface area (Å²) in [5.74, 6) is 0.723. The normalized spacial score (nSPS) is 17.1. The van der Waals surface area contributed by atoms with Gasteiger partial charge in [-0.1, -0.05) is 30.3 Å². The van der Waals surface area contributed by atoms with Crippen molar-refractivity contribution in [2.45, 2.75) is 18.8 Å². The molecule has 4 aromatic rings. The molecule has 1 N–H and O–H groups in total. The lowest BCUT2D eigenvalue weighted by Crippen LogP contribution is -2.39. The number of hydrogen-bond donors (Lipinski definition) is 1. The molecule has 1 saturated heterocycles. The molecule has 1 aliphatic heterocycles. The predicted octanol–water partition coefficient (Wildman–Crippen LogP) is 3.14. The van der Waals surface area contributed by atoms with E-state index < -0.39 is 0 Å². The molecule has 1 amide bonds. The number of aromatic amines is 1. The molecule has 0 aliphatic carbocycles. The van der Waals surface area contributed by atoms with Gasteiger partial charge in [-0.3, -0.25) is 14.3 Å². The SMILES string of the molecule is O=C(c1cn2cccnc2n1)N1CCCC(c2[nH]ncc2-c2ccccc2)C1. The maximum absolute atomic E-state index is 13.0. The number of carbonyl (C=O) groups is 1. The summed E-state index contributed by atoms with van der Waals surface area (Å²) in [5, 5.41) is 7.46. The number of likely N-dealkylation sites (tertiary alicyclic amines) is 1. The van der Waals surface area contributed by atoms with Gasteiger partial charge in [0.2, 0.25) is 5.78 Å². The van der Waals surface area contributed by atoms with E-state index in [9.17, 15) is 4.79 Å². The molecule has 140 valence electrons. The second kappa shape index (κ2) is 6.92. The fourth-order valence-corrected chi connectivity index (χ4v) is 3.95. The lowest BCUT2D eigenvalue weighted by molar-refractivity contribution is 0.0700. The van der Waals surface area contributed by atoms with Crippen molar-refractivity contribution < 1.29 is 4.79 Å². The molecule has 1 atom stereocenters. The number of carbonyl (C=O) groups excluding carboxylic acids is 1. The molecular formula is C21H20N6O. The summed E-state index contributed by atoms with van der Waals surface area (Å²) in [6.45, 7) is 1.40. The maximum Gasteiger partial charge on any atom is 0.274 e. The van der Waals surface area contributed by atoms with Crippen LogP contribution in [0, 0.1) is 0 Å². The lowest BCUT2D eigenvalue weighted by atomic mass is 9.90. The van der Waals surface area contributed by atoms with Crippen molar-refractivity contribution in [1.29, 1.82) is 0 Å². The number of imidazole rings is 1. The molecule has 3 aromatic heterocycles. The summed E-state index contributed by atoms with van der Waals surface area (Å²) >= 11 is 0. The van der Waals surface area contributed by atoms with Crippen molar-refractivity contribution in [3.63, 3.8) is 0 Å². The van der Waals surface area contributed by atoms with Crippen LogP contribution in [0.2, 0.25) is 0 Å². The Morgan fingerprint density at radius 2 is 2.07 bits per heavy atom. The van der Waals surface area contributed by atoms with Crippen molar-refractivity contribution in [1.82, 2.24) is 29.5 Å². The molecule has 1 aliphatic rings. The Balaban J connectivity index is 1.40. The van der Waals surface area contributed by atoms with Gasteiger partial charge in [0.15, 0.2) is 0 Å². The minimum absolute atomic E-state index is 0.0454. The Hall–Kier alpha value is -3.48. The van der Waals surface area contributed by atoms with Gasteiger partial charge in [-0.25, -0.2) is 9.97 Å². The molecule has 4 heterocycles. The van der Waals surface area contributed by atoms with Crippen molar-refractivity contribution in [2.75, 3.05) is 13.1 Å². The third-order valence-corrected chi connectivity index (χ3v) is 5.33. The van der Waals surface area contributed by atoms with E-state index in [0.717, 1.165) is 36.2 Å². The average molecular weight is 372 g/mol. The minimum Gasteiger partial charge on any atom is -0.337 e. The average Bonchev–Trinajstić information content (AvgIpc) is 3.41. The number of amides is 1. The van der Waals surface area contributed by atoms with Crippen LogP contribution in [-0.2, 0) is 0 Å². The highest BCUT2D eigenvalue weighted by Gasteiger charge is 2.29. The smallest absolute Gasteiger partial charge is 0.274 e. The van der Waals surface area contributed by atoms with Gasteiger partial charge in [0.1, 0.15) is 5.69 Å². The second-order valence-corrected chi connectivity index (χ2v) is 7.11. The Morgan fingerprint density at radius 1 is 1.18 bits per heavy atom. The van der Waals surface area contributed by atoms with Gasteiger partial charge in [0.05, 0.1) is 6.20 Å². The first-order chi connectivity index (χ1) is 13.8. The highest BCUT2D eigenvalue weighted by Crippen LogP contribution is 2.33. The molecule has 0 radical (unpaired) electrons. The number of hydrogen-bond acceptors (Lipinski definition) is 4. The van der Waals surface area contributed by atoms with Gasteiger partial charge in [-0.15, -0.1) is 0 Å². The van der Waals surface area contributed by atoms with Gasteiger partial charge in [-0.05, 0) is 24.5 Å². The number of aromatic nitrogens is 5. The van der Waals surface area contributed by atoms with Crippen LogP contribution in [0.5, 0.6) is 0 Å². The zero-order valence-corrected chi connectivity index (χ0v) is 15.3. The Labute approximate surface area is 162 Å². The standard InChI is InChI=1S/C21H20N6O/c28-20(18-14-27-11-5-9-22-21(27)24-18)26-10-4-8-16(13-26)19-17(12-23-25-19)15-6-2-1-3-7-15/h1-3,5-7,9,11-12,14,16H,4,8,10,13H2,(H,23,25). The number of benzene rings is 1. The zero-order chi connectivity index (χ0) is 18.9. The van der Waals surface area contributed by atoms with Gasteiger partial charge in [0, 0.05) is 48.9 Å². The van der Waals surface area contributed by atoms with Crippen LogP contribution >= 0.6 is 0 Å². The van der Waals surface area contributed by atoms with Gasteiger partial charge >= 0.3 is 0 Å². The summed E-state index contributed by atoms with van der Waals surface area (Å²) in [6.07, 6.45) is 9.13. The Bertz CT molecular complexity index is 1080. The summed E-state index contributed by atoms with van der Waals surface area (Å²) < 4.78 is 1.77. The van der Waals surface area contributed by atoms with E-state index in [1.165, 1.54) is 0 Å². The van der Waals surface area contributed by atoms with Gasteiger partial charge in [0.25, 0.3) is 5.91 Å². The Morgan fingerprint density at radius 3 is 2.93 bits per heavy atom. The zero-order valence-electron chi connectivity index (χ0n) is 15.3. The van der Waals surface area contributed by atoms with E-state index in [-0.39, 0.29) is 11.8 Å². The molecule has 1 fully saturated rings. The molecule has 5 rings (SSSR count). The largest absolute Gasteiger partial charge is 0.337 e. The van der Waals surface area contributed by atoms with Crippen LogP contribution in [0.15, 0.2) is 61.2 Å². The highest BCUT2D eigenvalue weighted by atomic mass is 16.2. The first-order valence-corrected chi connectivity index (χ1v) is 9.47. The van der Waals surface area contributed by atoms with E-state index in [1.54, 1.807) is 16.8 Å². The molecule has 1 unspecified atom stereocenters. The third-order valence-electron chi connectivity index (χ3n) is 5.33. The van der Waals surface area contributed by atoms with E-state index in [4.69, 9.17) is 0 Å². The predicted molar refractivity (Wildman–Crippen MR) is 105 cm³/mol. The van der Waals surface area contributed by atoms with E-state index >= 15 is 0 Å². The molecule has 0 saturated carbocycles. The summed E-state index contributed by atoms with van der Waals surface area (Å²) in [4.78, 5) is 23.5. The lowest BCUT2D eigenvalue weighted by Gasteiger charge is -2.32. The van der Waals surface area contributed by atoms with Crippen molar-refractivity contribution in [3.05, 3.63) is 72.6 Å². The molecule has 0 bridgehead atoms. The van der Waals surface area contributed by atoms with Crippen LogP contribution in [0.3, 0.4) is 0 Å². The van der Waals surface area contributed by atoms with Crippen LogP contribution in [0.1, 0.15) is 34.9 Å². The summed E-state index contributed by atoms with van der Waals surface area (Å²) in [7, 11) is 0. The topological polar surface area (TPSA) is 79.2 Å². The Kier molecular flexibility index (Phi) is 4.12. The van der Waals surface area contributed by atoms with Crippen molar-refractivity contribution in [2.24, 2.45) is 0 Å². The summed E-state index contributed by atoms with van der Waals surface area (Å²) in [5.41, 5.74) is 3.78. The van der Waals surface area contributed by atoms with E-state index in [1.807, 2.05) is 41.6 Å². The van der Waals surface area contributed by atoms with Crippen LogP contribution in [-0.4, -0.2) is 48.5 Å². The van der Waals surface area contributed by atoms with Crippen molar-refractivity contribution in [3.8, 4) is 11.1 Å². The fourth-order valence-electron chi connectivity index (χ4n) is 3.95. The van der Waals surface area contributed by atoms with Gasteiger partial charge < -0.3 is 4.90 Å². The van der Waals surface area contributed by atoms with Gasteiger partial charge in [-0.2, -0.15) is 5.10 Å². The molecule has 28 heavy (non-hydrogen) atoms. The number of fused-ring (bicyclic) bond motifs is 1. The first kappa shape index (κ1) is 16.7. The first-order valence-electron chi connectivity index (χ1n) is 9.47. The molecule has 7 heteroatoms. The molecular weight excluding hydrogens is 352 g/mol. The van der Waals surface area contributed by atoms with Crippen molar-refractivity contribution >= 4 is 11.7 Å². The molecule has 1 aromatic carbocycles. The third kappa shape index (κ3) is 2.94. The summed E-state index contributed by atoms with van der Waals surface area (Å²) in [6, 6.07) is 12.1. The van der Waals surface area contributed by atoms with Crippen LogP contribution in [0.4, 0.5) is 0 Å². The van der Waals surface area contributed by atoms with E-state index in [0.29, 0.717) is 18.0 Å². The maximum atomic E-state index is 13.0. The minimum atomic E-state index is -0.0454. The number of H-pyrrole nitrogens is 1. The quantitative estimate of drug-likeness (QED) is 0.599. The number of nitrogens with zero attached hydrogens (tertiary/aromatic N) is 5. The molecule has 7 nitrogen and oxygen atoms in total. The molecule has 0 spiro atoms. The van der Waals surface area contributed by atoms with Crippen LogP contribution < -0.4 is 0 Å². The second-order valence-electron chi connectivity index (χ2n) is 7.11.